The highest BCUT2D eigenvalue weighted by molar-refractivity contribution is 5.42. The van der Waals surface area contributed by atoms with Crippen LogP contribution in [0.25, 0.3) is 0 Å². The predicted octanol–water partition coefficient (Wildman–Crippen LogP) is 0.260. The van der Waals surface area contributed by atoms with E-state index in [0.717, 1.165) is 5.12 Å². The van der Waals surface area contributed by atoms with E-state index in [1.807, 2.05) is 18.2 Å². The van der Waals surface area contributed by atoms with Crippen molar-refractivity contribution in [1.82, 2.24) is 5.59 Å². The number of hydrogen-bond donors (Lipinski definition) is 3. The number of hydrazine groups is 2. The van der Waals surface area contributed by atoms with Gasteiger partial charge in [-0.25, -0.2) is 11.0 Å². The minimum atomic E-state index is 0.699. The van der Waals surface area contributed by atoms with Gasteiger partial charge in [-0.3, -0.25) is 5.21 Å². The van der Waals surface area contributed by atoms with Crippen LogP contribution in [-0.2, 0) is 0 Å². The van der Waals surface area contributed by atoms with Gasteiger partial charge in [0.05, 0.1) is 5.69 Å². The molecule has 0 radical (unpaired) electrons. The lowest BCUT2D eigenvalue weighted by atomic mass is 10.3. The van der Waals surface area contributed by atoms with Gasteiger partial charge in [0.15, 0.2) is 0 Å². The normalized spacial score (nSPS) is 9.40. The second-order valence-electron chi connectivity index (χ2n) is 1.81. The maximum absolute atomic E-state index is 8.34. The minimum absolute atomic E-state index is 0.699. The van der Waals surface area contributed by atoms with Crippen LogP contribution in [0.2, 0.25) is 0 Å². The van der Waals surface area contributed by atoms with Gasteiger partial charge in [0.25, 0.3) is 0 Å². The van der Waals surface area contributed by atoms with Gasteiger partial charge in [-0.2, -0.15) is 0 Å². The average Bonchev–Trinajstić information content (AvgIpc) is 2.05. The van der Waals surface area contributed by atoms with E-state index in [0.29, 0.717) is 5.69 Å². The number of anilines is 1. The molecule has 0 aliphatic carbocycles. The summed E-state index contributed by atoms with van der Waals surface area (Å²) in [6.07, 6.45) is 0. The van der Waals surface area contributed by atoms with Crippen molar-refractivity contribution in [2.24, 2.45) is 5.84 Å². The molecule has 1 aromatic carbocycles. The van der Waals surface area contributed by atoms with Crippen molar-refractivity contribution in [1.29, 1.82) is 0 Å². The second-order valence-corrected chi connectivity index (χ2v) is 1.81. The first kappa shape index (κ1) is 7.01. The Morgan fingerprint density at radius 2 is 1.90 bits per heavy atom. The molecule has 10 heavy (non-hydrogen) atoms. The number of nitrogens with two attached hydrogens (primary N) is 1. The first-order chi connectivity index (χ1) is 4.84. The highest BCUT2D eigenvalue weighted by atomic mass is 16.5. The minimum Gasteiger partial charge on any atom is -0.296 e. The SMILES string of the molecule is NN(NO)c1ccccc1. The van der Waals surface area contributed by atoms with Crippen LogP contribution in [0, 0.1) is 0 Å². The van der Waals surface area contributed by atoms with E-state index in [1.165, 1.54) is 0 Å². The third kappa shape index (κ3) is 1.44. The van der Waals surface area contributed by atoms with Crippen LogP contribution in [0.5, 0.6) is 0 Å². The van der Waals surface area contributed by atoms with Crippen molar-refractivity contribution in [3.05, 3.63) is 30.3 Å². The van der Waals surface area contributed by atoms with E-state index in [-0.39, 0.29) is 0 Å². The van der Waals surface area contributed by atoms with Crippen LogP contribution in [0.4, 0.5) is 5.69 Å². The largest absolute Gasteiger partial charge is 0.296 e. The van der Waals surface area contributed by atoms with E-state index < -0.39 is 0 Å². The quantitative estimate of drug-likeness (QED) is 0.406. The summed E-state index contributed by atoms with van der Waals surface area (Å²) in [5.74, 6) is 5.27. The zero-order valence-electron chi connectivity index (χ0n) is 5.36. The summed E-state index contributed by atoms with van der Waals surface area (Å²) in [5.41, 5.74) is 2.49. The van der Waals surface area contributed by atoms with E-state index in [2.05, 4.69) is 0 Å². The van der Waals surface area contributed by atoms with Crippen LogP contribution in [-0.4, -0.2) is 5.21 Å². The van der Waals surface area contributed by atoms with Gasteiger partial charge in [-0.1, -0.05) is 18.2 Å². The van der Waals surface area contributed by atoms with Gasteiger partial charge in [-0.05, 0) is 12.1 Å². The van der Waals surface area contributed by atoms with Crippen molar-refractivity contribution in [3.63, 3.8) is 0 Å². The number of para-hydroxylation sites is 1. The summed E-state index contributed by atoms with van der Waals surface area (Å²) in [7, 11) is 0. The number of nitrogens with one attached hydrogen (secondary N) is 1. The topological polar surface area (TPSA) is 61.5 Å². The molecule has 0 atom stereocenters. The summed E-state index contributed by atoms with van der Waals surface area (Å²) in [5, 5.41) is 9.35. The number of benzene rings is 1. The predicted molar refractivity (Wildman–Crippen MR) is 38.0 cm³/mol. The molecule has 4 nitrogen and oxygen atoms in total. The van der Waals surface area contributed by atoms with Crippen LogP contribution >= 0.6 is 0 Å². The molecule has 1 aromatic rings. The van der Waals surface area contributed by atoms with Gasteiger partial charge < -0.3 is 0 Å². The van der Waals surface area contributed by atoms with E-state index in [4.69, 9.17) is 11.0 Å². The van der Waals surface area contributed by atoms with Crippen LogP contribution < -0.4 is 16.5 Å². The molecule has 0 unspecified atom stereocenters. The molecule has 0 saturated carbocycles. The fourth-order valence-electron chi connectivity index (χ4n) is 0.646. The zero-order chi connectivity index (χ0) is 7.40. The van der Waals surface area contributed by atoms with Crippen LogP contribution in [0.1, 0.15) is 0 Å². The highest BCUT2D eigenvalue weighted by Gasteiger charge is 1.94. The monoisotopic (exact) mass is 139 g/mol. The first-order valence-electron chi connectivity index (χ1n) is 2.84. The third-order valence-corrected chi connectivity index (χ3v) is 1.14. The van der Waals surface area contributed by atoms with Gasteiger partial charge in [0.2, 0.25) is 0 Å². The fraction of sp³-hybridized carbons (Fsp3) is 0. The lowest BCUT2D eigenvalue weighted by Crippen LogP contribution is -2.41. The molecule has 54 valence electrons. The molecular weight excluding hydrogens is 130 g/mol. The maximum atomic E-state index is 8.34. The third-order valence-electron chi connectivity index (χ3n) is 1.14. The first-order valence-corrected chi connectivity index (χ1v) is 2.84. The summed E-state index contributed by atoms with van der Waals surface area (Å²) in [4.78, 5) is 0. The van der Waals surface area contributed by atoms with E-state index >= 15 is 0 Å². The number of rotatable bonds is 2. The molecule has 0 aromatic heterocycles. The van der Waals surface area contributed by atoms with Crippen molar-refractivity contribution in [2.45, 2.75) is 0 Å². The lowest BCUT2D eigenvalue weighted by Gasteiger charge is -2.13. The molecule has 0 spiro atoms. The Balaban J connectivity index is 2.75. The molecule has 0 heterocycles. The average molecular weight is 139 g/mol. The Kier molecular flexibility index (Phi) is 2.22. The van der Waals surface area contributed by atoms with Crippen molar-refractivity contribution in [3.8, 4) is 0 Å². The molecule has 0 aliphatic heterocycles. The maximum Gasteiger partial charge on any atom is 0.0722 e. The Hall–Kier alpha value is -1.10. The Morgan fingerprint density at radius 3 is 2.40 bits per heavy atom. The zero-order valence-corrected chi connectivity index (χ0v) is 5.36. The molecule has 4 heteroatoms. The summed E-state index contributed by atoms with van der Waals surface area (Å²) in [6.45, 7) is 0. The second kappa shape index (κ2) is 3.17. The Morgan fingerprint density at radius 1 is 1.30 bits per heavy atom. The van der Waals surface area contributed by atoms with Crippen LogP contribution in [0.3, 0.4) is 0 Å². The molecule has 0 saturated heterocycles. The molecular formula is C6H9N3O. The number of hydrogen-bond acceptors (Lipinski definition) is 4. The molecule has 0 bridgehead atoms. The van der Waals surface area contributed by atoms with Gasteiger partial charge >= 0.3 is 0 Å². The fourth-order valence-corrected chi connectivity index (χ4v) is 0.646. The van der Waals surface area contributed by atoms with Crippen LogP contribution in [0.15, 0.2) is 30.3 Å². The molecule has 0 aliphatic rings. The lowest BCUT2D eigenvalue weighted by molar-refractivity contribution is 0.154. The van der Waals surface area contributed by atoms with Gasteiger partial charge in [0.1, 0.15) is 0 Å². The van der Waals surface area contributed by atoms with Crippen molar-refractivity contribution < 1.29 is 5.21 Å². The van der Waals surface area contributed by atoms with E-state index in [9.17, 15) is 0 Å². The highest BCUT2D eigenvalue weighted by Crippen LogP contribution is 2.05. The Bertz CT molecular complexity index is 189. The number of nitrogens with zero attached hydrogens (tertiary/aromatic N) is 1. The van der Waals surface area contributed by atoms with Crippen molar-refractivity contribution >= 4 is 5.69 Å². The summed E-state index contributed by atoms with van der Waals surface area (Å²) in [6, 6.07) is 9.06. The molecule has 0 fully saturated rings. The Labute approximate surface area is 58.8 Å². The molecule has 0 amide bonds. The summed E-state index contributed by atoms with van der Waals surface area (Å²) >= 11 is 0. The van der Waals surface area contributed by atoms with Gasteiger partial charge in [-0.15, -0.1) is 5.59 Å². The molecule has 4 N–H and O–H groups in total. The summed E-state index contributed by atoms with van der Waals surface area (Å²) < 4.78 is 0. The molecule has 1 rings (SSSR count). The van der Waals surface area contributed by atoms with Gasteiger partial charge in [0, 0.05) is 0 Å². The van der Waals surface area contributed by atoms with Crippen molar-refractivity contribution in [2.75, 3.05) is 5.12 Å². The standard InChI is InChI=1S/C6H9N3O/c7-9(8-10)6-4-2-1-3-5-6/h1-5,8,10H,7H2. The van der Waals surface area contributed by atoms with E-state index in [1.54, 1.807) is 17.7 Å². The smallest absolute Gasteiger partial charge is 0.0722 e.